The smallest absolute Gasteiger partial charge is 0.0895 e. The topological polar surface area (TPSA) is 29.5 Å². The highest BCUT2D eigenvalue weighted by Gasteiger charge is 1.93. The molecule has 0 aliphatic heterocycles. The van der Waals surface area contributed by atoms with Gasteiger partial charge in [-0.15, -0.1) is 0 Å². The fourth-order valence-corrected chi connectivity index (χ4v) is 2.81. The van der Waals surface area contributed by atoms with Gasteiger partial charge in [-0.25, -0.2) is 0 Å². The molecule has 0 radical (unpaired) electrons. The third kappa shape index (κ3) is 21.5. The summed E-state index contributed by atoms with van der Waals surface area (Å²) in [5, 5.41) is 8.61. The summed E-state index contributed by atoms with van der Waals surface area (Å²) in [6.07, 6.45) is 25.5. The standard InChI is InChI=1S/C21H42O2/c1-2-3-4-5-6-7-8-9-10-11-12-13-14-15-16-17-20-23-21-18-19-22/h17,20,22H,2-16,18-19,21H2,1H3/b20-17+. The molecule has 0 saturated heterocycles. The molecule has 0 spiro atoms. The van der Waals surface area contributed by atoms with Crippen LogP contribution in [0.25, 0.3) is 0 Å². The van der Waals surface area contributed by atoms with Crippen molar-refractivity contribution in [1.82, 2.24) is 0 Å². The van der Waals surface area contributed by atoms with Gasteiger partial charge < -0.3 is 9.84 Å². The lowest BCUT2D eigenvalue weighted by atomic mass is 10.0. The van der Waals surface area contributed by atoms with E-state index < -0.39 is 0 Å². The lowest BCUT2D eigenvalue weighted by Crippen LogP contribution is -1.90. The van der Waals surface area contributed by atoms with Gasteiger partial charge in [0.2, 0.25) is 0 Å². The molecule has 2 heteroatoms. The SMILES string of the molecule is CCCCCCCCCCCCCCCC/C=C/OCCCO. The molecule has 2 nitrogen and oxygen atoms in total. The molecule has 0 heterocycles. The summed E-state index contributed by atoms with van der Waals surface area (Å²) in [7, 11) is 0. The third-order valence-electron chi connectivity index (χ3n) is 4.34. The van der Waals surface area contributed by atoms with Crippen LogP contribution >= 0.6 is 0 Å². The minimum atomic E-state index is 0.215. The Hall–Kier alpha value is -0.500. The molecule has 0 unspecified atom stereocenters. The minimum Gasteiger partial charge on any atom is -0.501 e. The van der Waals surface area contributed by atoms with Crippen LogP contribution in [0.5, 0.6) is 0 Å². The van der Waals surface area contributed by atoms with Crippen LogP contribution in [-0.2, 0) is 4.74 Å². The second-order valence-corrected chi connectivity index (χ2v) is 6.70. The van der Waals surface area contributed by atoms with Gasteiger partial charge >= 0.3 is 0 Å². The van der Waals surface area contributed by atoms with E-state index in [2.05, 4.69) is 13.0 Å². The quantitative estimate of drug-likeness (QED) is 0.210. The van der Waals surface area contributed by atoms with Gasteiger partial charge in [-0.3, -0.25) is 0 Å². The first-order valence-electron chi connectivity index (χ1n) is 10.3. The van der Waals surface area contributed by atoms with E-state index in [-0.39, 0.29) is 6.61 Å². The van der Waals surface area contributed by atoms with Gasteiger partial charge in [0.1, 0.15) is 0 Å². The summed E-state index contributed by atoms with van der Waals surface area (Å²) in [6, 6.07) is 0. The lowest BCUT2D eigenvalue weighted by Gasteiger charge is -2.03. The molecule has 0 fully saturated rings. The molecule has 0 aromatic carbocycles. The van der Waals surface area contributed by atoms with Crippen molar-refractivity contribution >= 4 is 0 Å². The Bertz CT molecular complexity index is 226. The zero-order valence-electron chi connectivity index (χ0n) is 15.7. The molecule has 0 saturated carbocycles. The Balaban J connectivity index is 3.00. The van der Waals surface area contributed by atoms with Gasteiger partial charge in [-0.1, -0.05) is 90.4 Å². The number of unbranched alkanes of at least 4 members (excludes halogenated alkanes) is 14. The number of aliphatic hydroxyl groups is 1. The molecule has 0 amide bonds. The molecule has 0 bridgehead atoms. The Labute approximate surface area is 145 Å². The zero-order chi connectivity index (χ0) is 16.8. The van der Waals surface area contributed by atoms with Gasteiger partial charge in [-0.2, -0.15) is 0 Å². The van der Waals surface area contributed by atoms with Crippen molar-refractivity contribution in [2.24, 2.45) is 0 Å². The highest BCUT2D eigenvalue weighted by atomic mass is 16.5. The first kappa shape index (κ1) is 22.5. The highest BCUT2D eigenvalue weighted by molar-refractivity contribution is 4.73. The number of hydrogen-bond donors (Lipinski definition) is 1. The molecule has 0 aromatic rings. The first-order valence-corrected chi connectivity index (χ1v) is 10.3. The van der Waals surface area contributed by atoms with Crippen molar-refractivity contribution in [2.75, 3.05) is 13.2 Å². The predicted octanol–water partition coefficient (Wildman–Crippen LogP) is 6.77. The van der Waals surface area contributed by atoms with Gasteiger partial charge in [0.05, 0.1) is 12.9 Å². The van der Waals surface area contributed by atoms with Gasteiger partial charge in [-0.05, 0) is 18.9 Å². The molecule has 23 heavy (non-hydrogen) atoms. The number of allylic oxidation sites excluding steroid dienone is 1. The summed E-state index contributed by atoms with van der Waals surface area (Å²) >= 11 is 0. The molecule has 0 aromatic heterocycles. The maximum absolute atomic E-state index is 8.61. The molecular weight excluding hydrogens is 284 g/mol. The average molecular weight is 327 g/mol. The van der Waals surface area contributed by atoms with Crippen LogP contribution in [-0.4, -0.2) is 18.3 Å². The summed E-state index contributed by atoms with van der Waals surface area (Å²) in [4.78, 5) is 0. The monoisotopic (exact) mass is 326 g/mol. The molecule has 0 rings (SSSR count). The van der Waals surface area contributed by atoms with E-state index in [0.29, 0.717) is 6.61 Å². The fourth-order valence-electron chi connectivity index (χ4n) is 2.81. The fraction of sp³-hybridized carbons (Fsp3) is 0.905. The molecular formula is C21H42O2. The number of ether oxygens (including phenoxy) is 1. The Kier molecular flexibility index (Phi) is 21.0. The third-order valence-corrected chi connectivity index (χ3v) is 4.34. The Morgan fingerprint density at radius 2 is 1.13 bits per heavy atom. The van der Waals surface area contributed by atoms with Crippen molar-refractivity contribution in [1.29, 1.82) is 0 Å². The second kappa shape index (κ2) is 21.5. The second-order valence-electron chi connectivity index (χ2n) is 6.70. The predicted molar refractivity (Wildman–Crippen MR) is 102 cm³/mol. The van der Waals surface area contributed by atoms with Crippen molar-refractivity contribution in [3.63, 3.8) is 0 Å². The van der Waals surface area contributed by atoms with Crippen LogP contribution in [0.3, 0.4) is 0 Å². The van der Waals surface area contributed by atoms with E-state index in [0.717, 1.165) is 12.8 Å². The van der Waals surface area contributed by atoms with E-state index in [1.54, 1.807) is 6.26 Å². The maximum atomic E-state index is 8.61. The normalized spacial score (nSPS) is 11.4. The van der Waals surface area contributed by atoms with E-state index in [1.165, 1.54) is 89.9 Å². The van der Waals surface area contributed by atoms with Crippen LogP contribution in [0.4, 0.5) is 0 Å². The Morgan fingerprint density at radius 3 is 1.61 bits per heavy atom. The van der Waals surface area contributed by atoms with Crippen LogP contribution in [0.15, 0.2) is 12.3 Å². The average Bonchev–Trinajstić information content (AvgIpc) is 2.57. The largest absolute Gasteiger partial charge is 0.501 e. The van der Waals surface area contributed by atoms with Gasteiger partial charge in [0, 0.05) is 13.0 Å². The minimum absolute atomic E-state index is 0.215. The van der Waals surface area contributed by atoms with Crippen molar-refractivity contribution < 1.29 is 9.84 Å². The van der Waals surface area contributed by atoms with E-state index >= 15 is 0 Å². The number of aliphatic hydroxyl groups excluding tert-OH is 1. The lowest BCUT2D eigenvalue weighted by molar-refractivity contribution is 0.199. The van der Waals surface area contributed by atoms with Crippen molar-refractivity contribution in [3.05, 3.63) is 12.3 Å². The van der Waals surface area contributed by atoms with Crippen LogP contribution in [0, 0.1) is 0 Å². The zero-order valence-corrected chi connectivity index (χ0v) is 15.7. The highest BCUT2D eigenvalue weighted by Crippen LogP contribution is 2.13. The summed E-state index contributed by atoms with van der Waals surface area (Å²) in [5.41, 5.74) is 0. The summed E-state index contributed by atoms with van der Waals surface area (Å²) in [5.74, 6) is 0. The van der Waals surface area contributed by atoms with Crippen LogP contribution in [0.2, 0.25) is 0 Å². The van der Waals surface area contributed by atoms with Crippen LogP contribution < -0.4 is 0 Å². The van der Waals surface area contributed by atoms with Gasteiger partial charge in [0.15, 0.2) is 0 Å². The maximum Gasteiger partial charge on any atom is 0.0895 e. The van der Waals surface area contributed by atoms with E-state index in [1.807, 2.05) is 0 Å². The molecule has 0 atom stereocenters. The van der Waals surface area contributed by atoms with E-state index in [4.69, 9.17) is 9.84 Å². The molecule has 0 aliphatic carbocycles. The van der Waals surface area contributed by atoms with E-state index in [9.17, 15) is 0 Å². The number of hydrogen-bond acceptors (Lipinski definition) is 2. The first-order chi connectivity index (χ1) is 11.4. The van der Waals surface area contributed by atoms with Gasteiger partial charge in [0.25, 0.3) is 0 Å². The number of rotatable bonds is 19. The summed E-state index contributed by atoms with van der Waals surface area (Å²) in [6.45, 7) is 3.13. The summed E-state index contributed by atoms with van der Waals surface area (Å²) < 4.78 is 5.25. The molecule has 0 aliphatic rings. The van der Waals surface area contributed by atoms with Crippen molar-refractivity contribution in [3.8, 4) is 0 Å². The van der Waals surface area contributed by atoms with Crippen molar-refractivity contribution in [2.45, 2.75) is 110 Å². The molecule has 138 valence electrons. The Morgan fingerprint density at radius 1 is 0.652 bits per heavy atom. The molecule has 1 N–H and O–H groups in total. The van der Waals surface area contributed by atoms with Crippen LogP contribution in [0.1, 0.15) is 110 Å².